The van der Waals surface area contributed by atoms with E-state index in [1.807, 2.05) is 0 Å². The number of nitrogens with one attached hydrogen (secondary N) is 1. The first-order valence-corrected chi connectivity index (χ1v) is 4.63. The van der Waals surface area contributed by atoms with Crippen LogP contribution in [0.5, 0.6) is 23.0 Å². The molecule has 84 valence electrons. The Kier molecular flexibility index (Phi) is 2.16. The van der Waals surface area contributed by atoms with Gasteiger partial charge in [0.25, 0.3) is 0 Å². The third-order valence-corrected chi connectivity index (χ3v) is 2.46. The van der Waals surface area contributed by atoms with Crippen LogP contribution >= 0.6 is 0 Å². The summed E-state index contributed by atoms with van der Waals surface area (Å²) in [5, 5.41) is 41.4. The van der Waals surface area contributed by atoms with E-state index in [4.69, 9.17) is 0 Å². The Balaban J connectivity index is 3.01. The van der Waals surface area contributed by atoms with Crippen molar-refractivity contribution in [1.82, 2.24) is 0 Å². The second-order valence-electron chi connectivity index (χ2n) is 3.40. The van der Waals surface area contributed by atoms with Gasteiger partial charge in [-0.05, 0) is 12.1 Å². The molecule has 0 amide bonds. The Morgan fingerprint density at radius 3 is 2.00 bits per heavy atom. The maximum atomic E-state index is 9.83. The Morgan fingerprint density at radius 1 is 0.875 bits per heavy atom. The highest BCUT2D eigenvalue weighted by Crippen LogP contribution is 2.46. The van der Waals surface area contributed by atoms with Crippen LogP contribution in [0.3, 0.4) is 0 Å². The van der Waals surface area contributed by atoms with E-state index in [1.165, 1.54) is 18.2 Å². The zero-order valence-corrected chi connectivity index (χ0v) is 8.52. The third-order valence-electron chi connectivity index (χ3n) is 2.46. The van der Waals surface area contributed by atoms with Crippen molar-refractivity contribution in [2.45, 2.75) is 0 Å². The molecule has 5 N–H and O–H groups in total. The number of aromatic hydroxyl groups is 4. The van der Waals surface area contributed by atoms with E-state index < -0.39 is 0 Å². The van der Waals surface area contributed by atoms with Crippen molar-refractivity contribution in [2.24, 2.45) is 0 Å². The van der Waals surface area contributed by atoms with Gasteiger partial charge in [0.1, 0.15) is 17.2 Å². The number of phenolic OH excluding ortho intramolecular Hbond substituents is 4. The van der Waals surface area contributed by atoms with E-state index in [9.17, 15) is 20.4 Å². The Bertz CT molecular complexity index is 566. The minimum absolute atomic E-state index is 0.0179. The summed E-state index contributed by atoms with van der Waals surface area (Å²) in [7, 11) is 1.57. The summed E-state index contributed by atoms with van der Waals surface area (Å²) in [5.41, 5.74) is 0.269. The van der Waals surface area contributed by atoms with Gasteiger partial charge in [-0.1, -0.05) is 0 Å². The quantitative estimate of drug-likeness (QED) is 0.373. The maximum absolute atomic E-state index is 9.83. The van der Waals surface area contributed by atoms with E-state index in [1.54, 1.807) is 7.05 Å². The van der Waals surface area contributed by atoms with E-state index in [2.05, 4.69) is 5.32 Å². The van der Waals surface area contributed by atoms with Gasteiger partial charge in [0.2, 0.25) is 0 Å². The van der Waals surface area contributed by atoms with E-state index in [0.29, 0.717) is 0 Å². The van der Waals surface area contributed by atoms with E-state index in [-0.39, 0.29) is 39.5 Å². The van der Waals surface area contributed by atoms with Crippen molar-refractivity contribution >= 4 is 16.5 Å². The Morgan fingerprint density at radius 2 is 1.44 bits per heavy atom. The van der Waals surface area contributed by atoms with Gasteiger partial charge >= 0.3 is 0 Å². The normalized spacial score (nSPS) is 10.6. The van der Waals surface area contributed by atoms with Crippen molar-refractivity contribution in [1.29, 1.82) is 0 Å². The van der Waals surface area contributed by atoms with Crippen LogP contribution < -0.4 is 5.32 Å². The molecular weight excluding hydrogens is 210 g/mol. The summed E-state index contributed by atoms with van der Waals surface area (Å²) in [6.07, 6.45) is 0. The standard InChI is InChI=1S/C11H11NO4/c1-12-5-4-8(15)9-6(13)2-3-7(14)10(9)11(5)16/h2-4,12-16H,1H3. The average molecular weight is 221 g/mol. The summed E-state index contributed by atoms with van der Waals surface area (Å²) >= 11 is 0. The summed E-state index contributed by atoms with van der Waals surface area (Å²) in [6.45, 7) is 0. The average Bonchev–Trinajstić information content (AvgIpc) is 2.26. The van der Waals surface area contributed by atoms with Crippen molar-refractivity contribution < 1.29 is 20.4 Å². The summed E-state index contributed by atoms with van der Waals surface area (Å²) in [6, 6.07) is 3.77. The minimum atomic E-state index is -0.219. The van der Waals surface area contributed by atoms with Crippen LogP contribution in [0.25, 0.3) is 10.8 Å². The zero-order chi connectivity index (χ0) is 11.9. The van der Waals surface area contributed by atoms with Crippen molar-refractivity contribution in [3.8, 4) is 23.0 Å². The number of fused-ring (bicyclic) bond motifs is 1. The second-order valence-corrected chi connectivity index (χ2v) is 3.40. The molecule has 0 saturated heterocycles. The Labute approximate surface area is 91.2 Å². The highest BCUT2D eigenvalue weighted by atomic mass is 16.3. The summed E-state index contributed by atoms with van der Waals surface area (Å²) in [5.74, 6) is -0.852. The van der Waals surface area contributed by atoms with Crippen LogP contribution in [0.15, 0.2) is 18.2 Å². The van der Waals surface area contributed by atoms with Crippen molar-refractivity contribution in [3.05, 3.63) is 18.2 Å². The molecule has 2 aromatic carbocycles. The minimum Gasteiger partial charge on any atom is -0.507 e. The molecule has 5 nitrogen and oxygen atoms in total. The molecule has 0 radical (unpaired) electrons. The molecule has 0 aliphatic carbocycles. The molecule has 2 rings (SSSR count). The predicted molar refractivity (Wildman–Crippen MR) is 60.2 cm³/mol. The second kappa shape index (κ2) is 3.37. The molecule has 0 atom stereocenters. The van der Waals surface area contributed by atoms with Crippen molar-refractivity contribution in [2.75, 3.05) is 12.4 Å². The van der Waals surface area contributed by atoms with Gasteiger partial charge in [0.05, 0.1) is 16.5 Å². The lowest BCUT2D eigenvalue weighted by Crippen LogP contribution is -1.90. The number of phenols is 4. The van der Waals surface area contributed by atoms with E-state index >= 15 is 0 Å². The first-order chi connectivity index (χ1) is 7.56. The van der Waals surface area contributed by atoms with Crippen LogP contribution in [0, 0.1) is 0 Å². The lowest BCUT2D eigenvalue weighted by Gasteiger charge is -2.11. The van der Waals surface area contributed by atoms with Gasteiger partial charge in [0, 0.05) is 13.1 Å². The molecule has 0 heterocycles. The molecule has 5 heteroatoms. The van der Waals surface area contributed by atoms with Gasteiger partial charge in [-0.2, -0.15) is 0 Å². The number of rotatable bonds is 1. The summed E-state index contributed by atoms with van der Waals surface area (Å²) < 4.78 is 0. The van der Waals surface area contributed by atoms with Crippen LogP contribution in [-0.2, 0) is 0 Å². The molecule has 0 fully saturated rings. The highest BCUT2D eigenvalue weighted by Gasteiger charge is 2.16. The first kappa shape index (κ1) is 10.2. The maximum Gasteiger partial charge on any atom is 0.150 e. The van der Waals surface area contributed by atoms with Crippen LogP contribution in [0.2, 0.25) is 0 Å². The number of hydrogen-bond donors (Lipinski definition) is 5. The SMILES string of the molecule is CNc1cc(O)c2c(O)ccc(O)c2c1O. The predicted octanol–water partition coefficient (Wildman–Crippen LogP) is 1.70. The van der Waals surface area contributed by atoms with Gasteiger partial charge in [-0.25, -0.2) is 0 Å². The Hall–Kier alpha value is -2.30. The molecule has 16 heavy (non-hydrogen) atoms. The monoisotopic (exact) mass is 221 g/mol. The largest absolute Gasteiger partial charge is 0.507 e. The lowest BCUT2D eigenvalue weighted by molar-refractivity contribution is 0.448. The molecular formula is C11H11NO4. The van der Waals surface area contributed by atoms with Gasteiger partial charge in [-0.3, -0.25) is 0 Å². The fourth-order valence-electron chi connectivity index (χ4n) is 1.68. The van der Waals surface area contributed by atoms with Crippen LogP contribution in [0.4, 0.5) is 5.69 Å². The fourth-order valence-corrected chi connectivity index (χ4v) is 1.68. The number of hydrogen-bond acceptors (Lipinski definition) is 5. The molecule has 0 bridgehead atoms. The molecule has 0 unspecified atom stereocenters. The van der Waals surface area contributed by atoms with Crippen molar-refractivity contribution in [3.63, 3.8) is 0 Å². The number of benzene rings is 2. The zero-order valence-electron chi connectivity index (χ0n) is 8.52. The van der Waals surface area contributed by atoms with Gasteiger partial charge in [-0.15, -0.1) is 0 Å². The van der Waals surface area contributed by atoms with Gasteiger partial charge < -0.3 is 25.7 Å². The molecule has 0 aliphatic rings. The molecule has 0 saturated carbocycles. The highest BCUT2D eigenvalue weighted by molar-refractivity contribution is 6.04. The molecule has 0 spiro atoms. The molecule has 0 aliphatic heterocycles. The third kappa shape index (κ3) is 1.25. The molecule has 0 aromatic heterocycles. The first-order valence-electron chi connectivity index (χ1n) is 4.63. The number of anilines is 1. The topological polar surface area (TPSA) is 93.0 Å². The van der Waals surface area contributed by atoms with E-state index in [0.717, 1.165) is 0 Å². The van der Waals surface area contributed by atoms with Crippen LogP contribution in [-0.4, -0.2) is 27.5 Å². The summed E-state index contributed by atoms with van der Waals surface area (Å²) in [4.78, 5) is 0. The lowest BCUT2D eigenvalue weighted by atomic mass is 10.1. The van der Waals surface area contributed by atoms with Gasteiger partial charge in [0.15, 0.2) is 5.75 Å². The van der Waals surface area contributed by atoms with Crippen LogP contribution in [0.1, 0.15) is 0 Å². The molecule has 2 aromatic rings. The fraction of sp³-hybridized carbons (Fsp3) is 0.0909. The smallest absolute Gasteiger partial charge is 0.150 e.